The van der Waals surface area contributed by atoms with E-state index in [0.29, 0.717) is 12.8 Å². The molecule has 0 radical (unpaired) electrons. The fourth-order valence-electron chi connectivity index (χ4n) is 6.66. The molecule has 0 heterocycles. The summed E-state index contributed by atoms with van der Waals surface area (Å²) in [4.78, 5) is 34.9. The zero-order valence-electron chi connectivity index (χ0n) is 37.5. The van der Waals surface area contributed by atoms with Crippen LogP contribution in [0.4, 0.5) is 0 Å². The molecular weight excluding hydrogens is 750 g/mol. The van der Waals surface area contributed by atoms with E-state index >= 15 is 0 Å². The predicted molar refractivity (Wildman–Crippen MR) is 243 cm³/mol. The lowest BCUT2D eigenvalue weighted by atomic mass is 10.0. The summed E-state index contributed by atoms with van der Waals surface area (Å²) in [7, 11) is -4.39. The number of carbonyl (C=O) groups excluding carboxylic acids is 2. The SMILES string of the molecule is CCCC/C=C/C/C=C/CCCCCCCC(=O)O[C@@H](COC(=O)CCC/C=C/CCCCCCCCCCCCCCCCCCCC)COP(=O)(O)OCCN. The highest BCUT2D eigenvalue weighted by Gasteiger charge is 2.26. The van der Waals surface area contributed by atoms with Gasteiger partial charge in [-0.2, -0.15) is 0 Å². The number of carbonyl (C=O) groups is 2. The summed E-state index contributed by atoms with van der Waals surface area (Å²) in [5, 5.41) is 0. The number of ether oxygens (including phenoxy) is 2. The van der Waals surface area contributed by atoms with Gasteiger partial charge in [0.05, 0.1) is 13.2 Å². The topological polar surface area (TPSA) is 134 Å². The molecule has 0 aromatic heterocycles. The highest BCUT2D eigenvalue weighted by atomic mass is 31.2. The predicted octanol–water partition coefficient (Wildman–Crippen LogP) is 14.1. The molecular formula is C48H90NO8P. The second-order valence-corrected chi connectivity index (χ2v) is 17.4. The molecule has 58 heavy (non-hydrogen) atoms. The Labute approximate surface area is 356 Å². The Bertz CT molecular complexity index is 1050. The first-order valence-electron chi connectivity index (χ1n) is 24.0. The number of phosphoric ester groups is 1. The summed E-state index contributed by atoms with van der Waals surface area (Å²) >= 11 is 0. The first kappa shape index (κ1) is 56.2. The lowest BCUT2D eigenvalue weighted by Gasteiger charge is -2.19. The number of hydrogen-bond acceptors (Lipinski definition) is 8. The molecule has 0 amide bonds. The minimum absolute atomic E-state index is 0.0478. The third kappa shape index (κ3) is 43.8. The number of unbranched alkanes of at least 4 members (excludes halogenated alkanes) is 26. The Morgan fingerprint density at radius 3 is 1.43 bits per heavy atom. The van der Waals surface area contributed by atoms with E-state index < -0.39 is 32.5 Å². The van der Waals surface area contributed by atoms with Crippen molar-refractivity contribution in [1.82, 2.24) is 0 Å². The highest BCUT2D eigenvalue weighted by Crippen LogP contribution is 2.43. The van der Waals surface area contributed by atoms with Crippen LogP contribution in [0.5, 0.6) is 0 Å². The third-order valence-electron chi connectivity index (χ3n) is 10.2. The number of esters is 2. The van der Waals surface area contributed by atoms with Gasteiger partial charge in [-0.3, -0.25) is 18.6 Å². The molecule has 0 aromatic carbocycles. The van der Waals surface area contributed by atoms with Gasteiger partial charge in [-0.05, 0) is 57.8 Å². The molecule has 2 atom stereocenters. The van der Waals surface area contributed by atoms with Crippen molar-refractivity contribution < 1.29 is 37.6 Å². The monoisotopic (exact) mass is 840 g/mol. The van der Waals surface area contributed by atoms with Crippen LogP contribution in [-0.2, 0) is 32.7 Å². The Balaban J connectivity index is 4.06. The van der Waals surface area contributed by atoms with Crippen molar-refractivity contribution in [1.29, 1.82) is 0 Å². The van der Waals surface area contributed by atoms with Crippen LogP contribution in [0.25, 0.3) is 0 Å². The summed E-state index contributed by atoms with van der Waals surface area (Å²) in [6.45, 7) is 3.67. The van der Waals surface area contributed by atoms with Gasteiger partial charge >= 0.3 is 19.8 Å². The number of hydrogen-bond donors (Lipinski definition) is 2. The Kier molecular flexibility index (Phi) is 43.4. The molecule has 0 rings (SSSR count). The lowest BCUT2D eigenvalue weighted by molar-refractivity contribution is -0.161. The van der Waals surface area contributed by atoms with Crippen LogP contribution in [0.2, 0.25) is 0 Å². The van der Waals surface area contributed by atoms with Crippen LogP contribution in [0.15, 0.2) is 36.5 Å². The van der Waals surface area contributed by atoms with Gasteiger partial charge in [-0.1, -0.05) is 192 Å². The Morgan fingerprint density at radius 1 is 0.517 bits per heavy atom. The fourth-order valence-corrected chi connectivity index (χ4v) is 7.42. The largest absolute Gasteiger partial charge is 0.472 e. The summed E-state index contributed by atoms with van der Waals surface area (Å²) in [5.74, 6) is -0.877. The van der Waals surface area contributed by atoms with Crippen LogP contribution in [0.1, 0.15) is 226 Å². The molecule has 0 aliphatic heterocycles. The van der Waals surface area contributed by atoms with Gasteiger partial charge < -0.3 is 20.1 Å². The van der Waals surface area contributed by atoms with E-state index in [1.165, 1.54) is 128 Å². The van der Waals surface area contributed by atoms with Gasteiger partial charge in [-0.25, -0.2) is 4.57 Å². The molecule has 1 unspecified atom stereocenters. The van der Waals surface area contributed by atoms with Crippen LogP contribution < -0.4 is 5.73 Å². The van der Waals surface area contributed by atoms with E-state index in [0.717, 1.165) is 57.8 Å². The maximum absolute atomic E-state index is 12.6. The fraction of sp³-hybridized carbons (Fsp3) is 0.833. The van der Waals surface area contributed by atoms with Gasteiger partial charge in [0.25, 0.3) is 0 Å². The zero-order chi connectivity index (χ0) is 42.5. The summed E-state index contributed by atoms with van der Waals surface area (Å²) in [5.41, 5.74) is 5.35. The Morgan fingerprint density at radius 2 is 0.931 bits per heavy atom. The van der Waals surface area contributed by atoms with E-state index in [-0.39, 0.29) is 32.6 Å². The van der Waals surface area contributed by atoms with Crippen molar-refractivity contribution in [2.45, 2.75) is 232 Å². The molecule has 0 spiro atoms. The maximum Gasteiger partial charge on any atom is 0.472 e. The number of phosphoric acid groups is 1. The number of allylic oxidation sites excluding steroid dienone is 6. The van der Waals surface area contributed by atoms with Crippen molar-refractivity contribution in [3.63, 3.8) is 0 Å². The minimum atomic E-state index is -4.39. The van der Waals surface area contributed by atoms with E-state index in [2.05, 4.69) is 50.3 Å². The molecule has 0 aromatic rings. The zero-order valence-corrected chi connectivity index (χ0v) is 38.4. The van der Waals surface area contributed by atoms with E-state index in [9.17, 15) is 19.0 Å². The molecule has 9 nitrogen and oxygen atoms in total. The van der Waals surface area contributed by atoms with E-state index in [4.69, 9.17) is 24.3 Å². The van der Waals surface area contributed by atoms with Gasteiger partial charge in [0.2, 0.25) is 0 Å². The standard InChI is InChI=1S/C48H90NO8P/c1-3-5-7-9-11-13-15-17-19-20-21-22-23-24-25-26-27-29-30-32-34-36-38-40-47(50)54-44-46(45-56-58(52,53)55-43-42-49)57-48(51)41-39-37-35-33-31-28-18-16-14-12-10-8-6-4-2/h10,12,16,18,32,34,46H,3-9,11,13-15,17,19-31,33,35-45,49H2,1-2H3,(H,52,53)/b12-10+,18-16+,34-32+/t46-/m0/s1. The van der Waals surface area contributed by atoms with Crippen molar-refractivity contribution in [2.24, 2.45) is 5.73 Å². The van der Waals surface area contributed by atoms with Crippen LogP contribution >= 0.6 is 7.82 Å². The average molecular weight is 840 g/mol. The van der Waals surface area contributed by atoms with Gasteiger partial charge in [0, 0.05) is 19.4 Å². The molecule has 0 saturated heterocycles. The molecule has 0 aliphatic rings. The molecule has 10 heteroatoms. The third-order valence-corrected chi connectivity index (χ3v) is 11.2. The summed E-state index contributed by atoms with van der Waals surface area (Å²) < 4.78 is 32.8. The molecule has 0 saturated carbocycles. The van der Waals surface area contributed by atoms with E-state index in [1.54, 1.807) is 0 Å². The summed E-state index contributed by atoms with van der Waals surface area (Å²) in [6.07, 6.45) is 50.5. The average Bonchev–Trinajstić information content (AvgIpc) is 3.21. The number of rotatable bonds is 45. The molecule has 3 N–H and O–H groups in total. The van der Waals surface area contributed by atoms with Crippen molar-refractivity contribution >= 4 is 19.8 Å². The van der Waals surface area contributed by atoms with Crippen molar-refractivity contribution in [3.05, 3.63) is 36.5 Å². The number of nitrogens with two attached hydrogens (primary N) is 1. The maximum atomic E-state index is 12.6. The molecule has 0 fully saturated rings. The second kappa shape index (κ2) is 44.8. The smallest absolute Gasteiger partial charge is 0.462 e. The summed E-state index contributed by atoms with van der Waals surface area (Å²) in [6, 6.07) is 0. The van der Waals surface area contributed by atoms with Gasteiger partial charge in [0.15, 0.2) is 6.10 Å². The molecule has 0 aliphatic carbocycles. The first-order valence-corrected chi connectivity index (χ1v) is 25.5. The minimum Gasteiger partial charge on any atom is -0.462 e. The van der Waals surface area contributed by atoms with Gasteiger partial charge in [0.1, 0.15) is 6.61 Å². The Hall–Kier alpha value is -1.77. The van der Waals surface area contributed by atoms with E-state index in [1.807, 2.05) is 0 Å². The lowest BCUT2D eigenvalue weighted by Crippen LogP contribution is -2.29. The van der Waals surface area contributed by atoms with Crippen LogP contribution in [0.3, 0.4) is 0 Å². The quantitative estimate of drug-likeness (QED) is 0.0266. The van der Waals surface area contributed by atoms with Crippen molar-refractivity contribution in [2.75, 3.05) is 26.4 Å². The van der Waals surface area contributed by atoms with Crippen LogP contribution in [0, 0.1) is 0 Å². The van der Waals surface area contributed by atoms with Crippen molar-refractivity contribution in [3.8, 4) is 0 Å². The normalized spacial score (nSPS) is 13.5. The second-order valence-electron chi connectivity index (χ2n) is 16.0. The van der Waals surface area contributed by atoms with Crippen LogP contribution in [-0.4, -0.2) is 49.3 Å². The highest BCUT2D eigenvalue weighted by molar-refractivity contribution is 7.47. The first-order chi connectivity index (χ1) is 28.3. The molecule has 0 bridgehead atoms. The molecule has 340 valence electrons. The van der Waals surface area contributed by atoms with Gasteiger partial charge in [-0.15, -0.1) is 0 Å².